The monoisotopic (exact) mass is 335 g/mol. The zero-order valence-corrected chi connectivity index (χ0v) is 14.0. The molecule has 0 spiro atoms. The molecule has 2 heterocycles. The summed E-state index contributed by atoms with van der Waals surface area (Å²) in [5, 5.41) is 6.38. The van der Waals surface area contributed by atoms with Crippen molar-refractivity contribution in [1.82, 2.24) is 9.58 Å². The standard InChI is InChI=1S/C14H13N3OS3/c1-9-11(21-14(19)16(9)2)12(18)17-13(15-17)20-8-10-6-4-3-5-7-10/h3-7H,8H2,1-2H3. The molecule has 0 N–H and O–H groups in total. The van der Waals surface area contributed by atoms with Crippen molar-refractivity contribution in [3.05, 3.63) is 50.4 Å². The van der Waals surface area contributed by atoms with Gasteiger partial charge in [-0.3, -0.25) is 4.79 Å². The molecule has 0 fully saturated rings. The Kier molecular flexibility index (Phi) is 3.97. The van der Waals surface area contributed by atoms with E-state index in [1.54, 1.807) is 11.8 Å². The largest absolute Gasteiger partial charge is 0.330 e. The number of aromatic nitrogens is 1. The van der Waals surface area contributed by atoms with Gasteiger partial charge in [-0.25, -0.2) is 0 Å². The molecular weight excluding hydrogens is 322 g/mol. The van der Waals surface area contributed by atoms with Crippen LogP contribution in [0.5, 0.6) is 0 Å². The maximum absolute atomic E-state index is 12.4. The van der Waals surface area contributed by atoms with Crippen molar-refractivity contribution in [2.45, 2.75) is 12.7 Å². The Morgan fingerprint density at radius 1 is 1.38 bits per heavy atom. The van der Waals surface area contributed by atoms with E-state index in [2.05, 4.69) is 17.2 Å². The lowest BCUT2D eigenvalue weighted by atomic mass is 10.2. The number of thiazole rings is 1. The van der Waals surface area contributed by atoms with Gasteiger partial charge in [0.2, 0.25) is 5.17 Å². The molecule has 3 rings (SSSR count). The van der Waals surface area contributed by atoms with Gasteiger partial charge in [-0.05, 0) is 24.7 Å². The van der Waals surface area contributed by atoms with Crippen molar-refractivity contribution in [1.29, 1.82) is 0 Å². The number of hydrazone groups is 1. The highest BCUT2D eigenvalue weighted by molar-refractivity contribution is 8.13. The third-order valence-corrected chi connectivity index (χ3v) is 5.86. The van der Waals surface area contributed by atoms with Crippen LogP contribution in [0.1, 0.15) is 20.9 Å². The molecule has 1 aliphatic rings. The van der Waals surface area contributed by atoms with Crippen molar-refractivity contribution >= 4 is 46.4 Å². The van der Waals surface area contributed by atoms with Crippen LogP contribution in [-0.4, -0.2) is 20.7 Å². The Balaban J connectivity index is 1.62. The lowest BCUT2D eigenvalue weighted by Crippen LogP contribution is -2.15. The van der Waals surface area contributed by atoms with Crippen LogP contribution < -0.4 is 0 Å². The predicted octanol–water partition coefficient (Wildman–Crippen LogP) is 3.78. The quantitative estimate of drug-likeness (QED) is 0.801. The highest BCUT2D eigenvalue weighted by Crippen LogP contribution is 2.29. The van der Waals surface area contributed by atoms with Gasteiger partial charge in [0.25, 0.3) is 5.91 Å². The molecule has 0 bridgehead atoms. The van der Waals surface area contributed by atoms with E-state index in [1.807, 2.05) is 36.7 Å². The van der Waals surface area contributed by atoms with Crippen LogP contribution in [0.4, 0.5) is 0 Å². The molecule has 0 unspecified atom stereocenters. The Labute approximate surface area is 136 Å². The zero-order valence-electron chi connectivity index (χ0n) is 11.6. The third kappa shape index (κ3) is 2.95. The van der Waals surface area contributed by atoms with E-state index in [9.17, 15) is 4.79 Å². The van der Waals surface area contributed by atoms with Gasteiger partial charge in [0.1, 0.15) is 4.88 Å². The number of amidine groups is 1. The van der Waals surface area contributed by atoms with E-state index in [0.717, 1.165) is 16.6 Å². The van der Waals surface area contributed by atoms with E-state index >= 15 is 0 Å². The predicted molar refractivity (Wildman–Crippen MR) is 90.2 cm³/mol. The van der Waals surface area contributed by atoms with Crippen molar-refractivity contribution < 1.29 is 4.79 Å². The Morgan fingerprint density at radius 3 is 2.71 bits per heavy atom. The second kappa shape index (κ2) is 5.75. The van der Waals surface area contributed by atoms with E-state index in [0.29, 0.717) is 8.83 Å². The normalized spacial score (nSPS) is 13.2. The topological polar surface area (TPSA) is 37.4 Å². The van der Waals surface area contributed by atoms with Crippen LogP contribution >= 0.6 is 35.3 Å². The first-order chi connectivity index (χ1) is 10.1. The first kappa shape index (κ1) is 14.5. The van der Waals surface area contributed by atoms with Crippen molar-refractivity contribution in [3.8, 4) is 0 Å². The molecular formula is C14H13N3OS3. The number of hydrogen-bond acceptors (Lipinski definition) is 5. The minimum Gasteiger partial charge on any atom is -0.330 e. The summed E-state index contributed by atoms with van der Waals surface area (Å²) in [6.07, 6.45) is 0. The molecule has 1 aromatic heterocycles. The van der Waals surface area contributed by atoms with Gasteiger partial charge in [-0.15, -0.1) is 5.10 Å². The average Bonchev–Trinajstić information content (AvgIpc) is 3.24. The SMILES string of the molecule is Cc1c(C(=O)N2N=C2SCc2ccccc2)sc(=S)n1C. The summed E-state index contributed by atoms with van der Waals surface area (Å²) in [5.41, 5.74) is 2.11. The van der Waals surface area contributed by atoms with Crippen LogP contribution in [0.25, 0.3) is 0 Å². The molecule has 0 radical (unpaired) electrons. The average molecular weight is 335 g/mol. The first-order valence-electron chi connectivity index (χ1n) is 6.34. The zero-order chi connectivity index (χ0) is 15.0. The highest BCUT2D eigenvalue weighted by Gasteiger charge is 2.34. The summed E-state index contributed by atoms with van der Waals surface area (Å²) in [6.45, 7) is 1.90. The number of benzene rings is 1. The summed E-state index contributed by atoms with van der Waals surface area (Å²) in [5.74, 6) is 0.729. The second-order valence-corrected chi connectivity index (χ2v) is 7.20. The number of rotatable bonds is 3. The van der Waals surface area contributed by atoms with Gasteiger partial charge in [0.05, 0.1) is 0 Å². The van der Waals surface area contributed by atoms with Crippen LogP contribution in [0.3, 0.4) is 0 Å². The van der Waals surface area contributed by atoms with Gasteiger partial charge in [0.15, 0.2) is 3.95 Å². The first-order valence-corrected chi connectivity index (χ1v) is 8.55. The number of carbonyl (C=O) groups excluding carboxylic acids is 1. The third-order valence-electron chi connectivity index (χ3n) is 3.22. The fraction of sp³-hybridized carbons (Fsp3) is 0.214. The lowest BCUT2D eigenvalue weighted by molar-refractivity contribution is 0.0891. The molecule has 1 amide bonds. The maximum Gasteiger partial charge on any atom is 0.292 e. The fourth-order valence-electron chi connectivity index (χ4n) is 1.82. The van der Waals surface area contributed by atoms with Gasteiger partial charge in [-0.1, -0.05) is 53.4 Å². The summed E-state index contributed by atoms with van der Waals surface area (Å²) in [7, 11) is 1.87. The van der Waals surface area contributed by atoms with E-state index in [-0.39, 0.29) is 5.91 Å². The van der Waals surface area contributed by atoms with E-state index in [4.69, 9.17) is 12.2 Å². The second-order valence-electron chi connectivity index (χ2n) is 4.62. The van der Waals surface area contributed by atoms with Crippen molar-refractivity contribution in [2.24, 2.45) is 12.1 Å². The summed E-state index contributed by atoms with van der Waals surface area (Å²) < 4.78 is 2.56. The molecule has 0 aliphatic carbocycles. The molecule has 1 aromatic carbocycles. The van der Waals surface area contributed by atoms with Gasteiger partial charge >= 0.3 is 0 Å². The number of nitrogens with zero attached hydrogens (tertiary/aromatic N) is 3. The maximum atomic E-state index is 12.4. The van der Waals surface area contributed by atoms with Crippen LogP contribution in [0.15, 0.2) is 35.4 Å². The molecule has 4 nitrogen and oxygen atoms in total. The minimum atomic E-state index is -0.0836. The molecule has 108 valence electrons. The van der Waals surface area contributed by atoms with Crippen LogP contribution in [0, 0.1) is 10.9 Å². The molecule has 2 aromatic rings. The summed E-state index contributed by atoms with van der Waals surface area (Å²) in [4.78, 5) is 13.0. The highest BCUT2D eigenvalue weighted by atomic mass is 32.2. The van der Waals surface area contributed by atoms with Gasteiger partial charge < -0.3 is 4.57 Å². The number of thioether (sulfide) groups is 1. The molecule has 0 atom stereocenters. The minimum absolute atomic E-state index is 0.0836. The molecule has 1 aliphatic heterocycles. The Bertz CT molecular complexity index is 777. The lowest BCUT2D eigenvalue weighted by Gasteiger charge is -2.01. The van der Waals surface area contributed by atoms with Crippen LogP contribution in [0.2, 0.25) is 0 Å². The van der Waals surface area contributed by atoms with Gasteiger partial charge in [0, 0.05) is 18.5 Å². The number of amides is 1. The van der Waals surface area contributed by atoms with Crippen LogP contribution in [-0.2, 0) is 12.8 Å². The van der Waals surface area contributed by atoms with E-state index in [1.165, 1.54) is 21.9 Å². The van der Waals surface area contributed by atoms with Crippen molar-refractivity contribution in [2.75, 3.05) is 0 Å². The number of carbonyl (C=O) groups is 1. The molecule has 21 heavy (non-hydrogen) atoms. The smallest absolute Gasteiger partial charge is 0.292 e. The van der Waals surface area contributed by atoms with Crippen molar-refractivity contribution in [3.63, 3.8) is 0 Å². The van der Waals surface area contributed by atoms with Gasteiger partial charge in [-0.2, -0.15) is 5.01 Å². The van der Waals surface area contributed by atoms with E-state index < -0.39 is 0 Å². The fourth-order valence-corrected chi connectivity index (χ4v) is 3.95. The summed E-state index contributed by atoms with van der Waals surface area (Å²) >= 11 is 8.11. The molecule has 0 saturated heterocycles. The Hall–Kier alpha value is -1.44. The number of hydrogen-bond donors (Lipinski definition) is 0. The summed E-state index contributed by atoms with van der Waals surface area (Å²) in [6, 6.07) is 10.1. The molecule has 0 saturated carbocycles. The Morgan fingerprint density at radius 2 is 2.10 bits per heavy atom. The molecule has 7 heteroatoms.